The third-order valence-electron chi connectivity index (χ3n) is 15.5. The number of imide groups is 1. The molecule has 0 aromatic heterocycles. The molecule has 416 valence electrons. The molecule has 0 spiro atoms. The van der Waals surface area contributed by atoms with Gasteiger partial charge in [-0.2, -0.15) is 0 Å². The number of rotatable bonds is 27. The number of likely N-dealkylation sites (tertiary alicyclic amines) is 1. The Balaban J connectivity index is 0.866. The van der Waals surface area contributed by atoms with E-state index in [1.807, 2.05) is 50.2 Å². The molecular formula is C63H78N4O11. The molecule has 0 saturated carbocycles. The van der Waals surface area contributed by atoms with Crippen LogP contribution in [0.4, 0.5) is 0 Å². The summed E-state index contributed by atoms with van der Waals surface area (Å²) in [6, 6.07) is 20.8. The van der Waals surface area contributed by atoms with Gasteiger partial charge in [-0.15, -0.1) is 0 Å². The van der Waals surface area contributed by atoms with E-state index in [1.165, 1.54) is 11.1 Å². The monoisotopic (exact) mass is 1070 g/mol. The Morgan fingerprint density at radius 2 is 1.55 bits per heavy atom. The lowest BCUT2D eigenvalue weighted by Gasteiger charge is -2.37. The fourth-order valence-corrected chi connectivity index (χ4v) is 11.0. The molecule has 4 aromatic carbocycles. The van der Waals surface area contributed by atoms with E-state index in [-0.39, 0.29) is 41.8 Å². The highest BCUT2D eigenvalue weighted by Gasteiger charge is 2.45. The van der Waals surface area contributed by atoms with Crippen molar-refractivity contribution in [3.8, 4) is 17.2 Å². The maximum Gasteiger partial charge on any atom is 0.329 e. The number of nitrogens with one attached hydrogen (secondary N) is 2. The summed E-state index contributed by atoms with van der Waals surface area (Å²) >= 11 is 0. The van der Waals surface area contributed by atoms with Gasteiger partial charge in [0.05, 0.1) is 37.7 Å². The minimum absolute atomic E-state index is 0.0206. The van der Waals surface area contributed by atoms with Crippen molar-refractivity contribution in [3.05, 3.63) is 135 Å². The van der Waals surface area contributed by atoms with E-state index in [9.17, 15) is 33.6 Å². The summed E-state index contributed by atoms with van der Waals surface area (Å²) in [5.41, 5.74) is 7.20. The second kappa shape index (κ2) is 27.8. The number of ketones is 1. The van der Waals surface area contributed by atoms with Crippen LogP contribution in [0.2, 0.25) is 0 Å². The van der Waals surface area contributed by atoms with Crippen LogP contribution in [0.3, 0.4) is 0 Å². The molecule has 2 N–H and O–H groups in total. The van der Waals surface area contributed by atoms with Gasteiger partial charge in [0.2, 0.25) is 17.7 Å². The molecule has 4 atom stereocenters. The van der Waals surface area contributed by atoms with Crippen LogP contribution in [-0.4, -0.2) is 97.1 Å². The van der Waals surface area contributed by atoms with Crippen molar-refractivity contribution in [3.63, 3.8) is 0 Å². The molecule has 7 rings (SSSR count). The molecule has 15 nitrogen and oxygen atoms in total. The third kappa shape index (κ3) is 14.4. The Bertz CT molecular complexity index is 2860. The van der Waals surface area contributed by atoms with Crippen LogP contribution >= 0.6 is 0 Å². The van der Waals surface area contributed by atoms with Gasteiger partial charge in [0.25, 0.3) is 11.8 Å². The normalized spacial score (nSPS) is 17.0. The maximum atomic E-state index is 14.5. The van der Waals surface area contributed by atoms with Crippen LogP contribution in [0.25, 0.3) is 0 Å². The Kier molecular flexibility index (Phi) is 20.8. The number of carbonyl (C=O) groups excluding carboxylic acids is 7. The van der Waals surface area contributed by atoms with Gasteiger partial charge in [-0.3, -0.25) is 33.7 Å². The number of nitrogens with zero attached hydrogens (tertiary/aromatic N) is 2. The fourth-order valence-electron chi connectivity index (χ4n) is 11.0. The van der Waals surface area contributed by atoms with Crippen molar-refractivity contribution in [2.75, 3.05) is 33.9 Å². The van der Waals surface area contributed by atoms with Gasteiger partial charge in [0.1, 0.15) is 30.5 Å². The molecular weight excluding hydrogens is 989 g/mol. The van der Waals surface area contributed by atoms with E-state index in [2.05, 4.69) is 49.3 Å². The molecule has 0 bridgehead atoms. The predicted molar refractivity (Wildman–Crippen MR) is 298 cm³/mol. The van der Waals surface area contributed by atoms with Crippen molar-refractivity contribution >= 4 is 41.3 Å². The highest BCUT2D eigenvalue weighted by Crippen LogP contribution is 2.38. The molecule has 3 aliphatic heterocycles. The summed E-state index contributed by atoms with van der Waals surface area (Å²) < 4.78 is 24.0. The zero-order valence-electron chi connectivity index (χ0n) is 46.5. The highest BCUT2D eigenvalue weighted by atomic mass is 16.5. The number of fused-ring (bicyclic) bond motifs is 1. The van der Waals surface area contributed by atoms with Crippen molar-refractivity contribution in [2.24, 2.45) is 0 Å². The number of hydrogen-bond acceptors (Lipinski definition) is 11. The van der Waals surface area contributed by atoms with Crippen LogP contribution in [0.15, 0.2) is 85.1 Å². The number of aryl methyl sites for hydroxylation is 4. The quantitative estimate of drug-likeness (QED) is 0.0329. The number of piperidine rings is 2. The van der Waals surface area contributed by atoms with Crippen LogP contribution in [0.5, 0.6) is 17.2 Å². The number of methoxy groups -OCH3 is 2. The third-order valence-corrected chi connectivity index (χ3v) is 15.5. The smallest absolute Gasteiger partial charge is 0.329 e. The van der Waals surface area contributed by atoms with Gasteiger partial charge < -0.3 is 34.5 Å². The number of Topliss-reactive ketones (excluding diaryl/α,β-unsaturated/α-hetero) is 1. The zero-order chi connectivity index (χ0) is 55.9. The number of allylic oxidation sites excluding steroid dienone is 1. The number of benzene rings is 4. The van der Waals surface area contributed by atoms with Gasteiger partial charge in [-0.1, -0.05) is 100 Å². The van der Waals surface area contributed by atoms with E-state index in [1.54, 1.807) is 37.3 Å². The molecule has 2 saturated heterocycles. The van der Waals surface area contributed by atoms with Crippen molar-refractivity contribution in [1.82, 2.24) is 20.4 Å². The molecule has 5 amide bonds. The lowest BCUT2D eigenvalue weighted by molar-refractivity contribution is -0.162. The number of amides is 5. The Morgan fingerprint density at radius 1 is 0.795 bits per heavy atom. The van der Waals surface area contributed by atoms with Crippen molar-refractivity contribution < 1.29 is 52.5 Å². The van der Waals surface area contributed by atoms with Crippen LogP contribution in [0.1, 0.15) is 175 Å². The highest BCUT2D eigenvalue weighted by molar-refractivity contribution is 6.23. The minimum Gasteiger partial charge on any atom is -0.493 e. The predicted octanol–water partition coefficient (Wildman–Crippen LogP) is 10.2. The van der Waals surface area contributed by atoms with Crippen molar-refractivity contribution in [1.29, 1.82) is 0 Å². The van der Waals surface area contributed by atoms with E-state index in [0.717, 1.165) is 79.4 Å². The molecule has 78 heavy (non-hydrogen) atoms. The second-order valence-electron chi connectivity index (χ2n) is 21.0. The Hall–Kier alpha value is -7.29. The number of esters is 1. The van der Waals surface area contributed by atoms with Gasteiger partial charge >= 0.3 is 5.97 Å². The average molecular weight is 1070 g/mol. The van der Waals surface area contributed by atoms with Crippen LogP contribution in [-0.2, 0) is 41.6 Å². The number of ether oxygens (including phenoxy) is 4. The SMILES string of the molecule is C=C1CCC(N2C(=O)c3cccc(CC(=O)NCCCCCCCCCC(=O)COc4ccccc4[C@@H](CCc4ccc(C)c(C)c4)OC(=O)[C@@H]4CCCCN4C(=O)[C@@H](CC)c4cc(C)c(OC)c(OC)c4)c3C2=O)C(=O)N1. The maximum absolute atomic E-state index is 14.5. The first-order valence-corrected chi connectivity index (χ1v) is 27.9. The number of hydrogen-bond donors (Lipinski definition) is 2. The fraction of sp³-hybridized carbons (Fsp3) is 0.476. The minimum atomic E-state index is -0.919. The summed E-state index contributed by atoms with van der Waals surface area (Å²) in [4.78, 5) is 97.3. The second-order valence-corrected chi connectivity index (χ2v) is 21.0. The van der Waals surface area contributed by atoms with Gasteiger partial charge in [0.15, 0.2) is 17.3 Å². The topological polar surface area (TPSA) is 187 Å². The summed E-state index contributed by atoms with van der Waals surface area (Å²) in [6.45, 7) is 12.6. The Labute approximate surface area is 459 Å². The molecule has 4 aromatic rings. The van der Waals surface area contributed by atoms with E-state index in [0.29, 0.717) is 92.1 Å². The van der Waals surface area contributed by atoms with E-state index < -0.39 is 47.8 Å². The number of carbonyl (C=O) groups is 7. The number of para-hydroxylation sites is 1. The molecule has 0 radical (unpaired) electrons. The Morgan fingerprint density at radius 3 is 2.28 bits per heavy atom. The van der Waals surface area contributed by atoms with E-state index in [4.69, 9.17) is 18.9 Å². The van der Waals surface area contributed by atoms with Gasteiger partial charge in [-0.25, -0.2) is 4.79 Å². The van der Waals surface area contributed by atoms with Gasteiger partial charge in [0, 0.05) is 30.8 Å². The first-order valence-electron chi connectivity index (χ1n) is 27.9. The standard InChI is InChI=1S/C63H78N4O11/c1-8-48(46-36-42(4)58(76-7)55(37-46)75-6)60(71)66-34-19-17-25-52(66)63(74)78-54(32-30-44-29-27-40(2)41(3)35-44)49-23-15-16-26-53(49)77-39-47(68)22-14-12-10-9-11-13-18-33-64-56(69)38-45-21-20-24-50-57(45)62(73)67(61(50)72)51-31-28-43(5)65-59(51)70/h15-16,20-21,23-24,26-27,29,35-37,48,51-52,54H,5,8-14,17-19,22,25,28,30-34,38-39H2,1-4,6-7H3,(H,64,69)(H,65,70)/t48-,51?,52-,54+/m0/s1. The first-order chi connectivity index (χ1) is 37.6. The molecule has 3 heterocycles. The summed E-state index contributed by atoms with van der Waals surface area (Å²) in [6.07, 6.45) is 10.3. The molecule has 2 fully saturated rings. The molecule has 0 aliphatic carbocycles. The van der Waals surface area contributed by atoms with Crippen LogP contribution in [0, 0.1) is 20.8 Å². The molecule has 3 aliphatic rings. The van der Waals surface area contributed by atoms with E-state index >= 15 is 0 Å². The largest absolute Gasteiger partial charge is 0.493 e. The van der Waals surface area contributed by atoms with Gasteiger partial charge in [-0.05, 0) is 137 Å². The first kappa shape index (κ1) is 58.4. The number of unbranched alkanes of at least 4 members (excludes halogenated alkanes) is 6. The molecule has 15 heteroatoms. The van der Waals surface area contributed by atoms with Crippen molar-refractivity contribution in [2.45, 2.75) is 161 Å². The van der Waals surface area contributed by atoms with Crippen LogP contribution < -0.4 is 24.8 Å². The summed E-state index contributed by atoms with van der Waals surface area (Å²) in [5.74, 6) is -1.23. The summed E-state index contributed by atoms with van der Waals surface area (Å²) in [5, 5.41) is 5.58. The summed E-state index contributed by atoms with van der Waals surface area (Å²) in [7, 11) is 3.17. The average Bonchev–Trinajstić information content (AvgIpc) is 3.71. The zero-order valence-corrected chi connectivity index (χ0v) is 46.5. The lowest BCUT2D eigenvalue weighted by atomic mass is 9.91. The molecule has 1 unspecified atom stereocenters. The lowest BCUT2D eigenvalue weighted by Crippen LogP contribution is -2.51.